The molecular weight excluding hydrogens is 300 g/mol. The number of nitrogens with zero attached hydrogens (tertiary/aromatic N) is 4. The Hall–Kier alpha value is -0.660. The van der Waals surface area contributed by atoms with Crippen LogP contribution in [0.5, 0.6) is 0 Å². The molecule has 3 rings (SSSR count). The zero-order chi connectivity index (χ0) is 15.6. The number of hydrogen-bond donors (Lipinski definition) is 0. The first-order chi connectivity index (χ1) is 10.6. The second-order valence-electron chi connectivity index (χ2n) is 6.66. The van der Waals surface area contributed by atoms with E-state index in [0.29, 0.717) is 32.1 Å². The lowest BCUT2D eigenvalue weighted by molar-refractivity contribution is 0.278. The van der Waals surface area contributed by atoms with Gasteiger partial charge in [-0.2, -0.15) is 17.0 Å². The van der Waals surface area contributed by atoms with Gasteiger partial charge < -0.3 is 4.90 Å². The van der Waals surface area contributed by atoms with Crippen molar-refractivity contribution in [1.82, 2.24) is 13.5 Å². The molecule has 0 spiro atoms. The van der Waals surface area contributed by atoms with Gasteiger partial charge in [0.05, 0.1) is 6.54 Å². The van der Waals surface area contributed by atoms with Crippen molar-refractivity contribution in [3.8, 4) is 0 Å². The fraction of sp³-hybridized carbons (Fsp3) is 0.933. The number of hydrogen-bond acceptors (Lipinski definition) is 4. The number of aliphatic imine (C=N–C) groups is 1. The van der Waals surface area contributed by atoms with E-state index in [1.807, 2.05) is 0 Å². The second-order valence-corrected chi connectivity index (χ2v) is 8.58. The molecular formula is C15H28N4O2S. The molecule has 0 aliphatic carbocycles. The SMILES string of the molecule is CN1CCN=C1C1CCN(S(=O)(=O)N2CCCCCC2)CC1. The summed E-state index contributed by atoms with van der Waals surface area (Å²) in [5, 5.41) is 0. The Morgan fingerprint density at radius 1 is 0.909 bits per heavy atom. The largest absolute Gasteiger partial charge is 0.361 e. The van der Waals surface area contributed by atoms with E-state index in [9.17, 15) is 8.42 Å². The molecule has 2 fully saturated rings. The number of amidine groups is 1. The Morgan fingerprint density at radius 3 is 2.05 bits per heavy atom. The maximum Gasteiger partial charge on any atom is 0.281 e. The molecule has 0 aromatic heterocycles. The molecule has 0 bridgehead atoms. The highest BCUT2D eigenvalue weighted by molar-refractivity contribution is 7.86. The Morgan fingerprint density at radius 2 is 1.50 bits per heavy atom. The van der Waals surface area contributed by atoms with Crippen LogP contribution in [-0.4, -0.2) is 74.1 Å². The number of likely N-dealkylation sites (N-methyl/N-ethyl adjacent to an activating group) is 1. The molecule has 7 heteroatoms. The van der Waals surface area contributed by atoms with Gasteiger partial charge in [-0.05, 0) is 25.7 Å². The Bertz CT molecular complexity index is 504. The molecule has 0 aromatic rings. The summed E-state index contributed by atoms with van der Waals surface area (Å²) in [6.45, 7) is 4.54. The van der Waals surface area contributed by atoms with E-state index in [1.54, 1.807) is 8.61 Å². The van der Waals surface area contributed by atoms with Crippen LogP contribution in [0.15, 0.2) is 4.99 Å². The molecule has 2 saturated heterocycles. The molecule has 126 valence electrons. The highest BCUT2D eigenvalue weighted by atomic mass is 32.2. The van der Waals surface area contributed by atoms with Gasteiger partial charge in [-0.25, -0.2) is 0 Å². The van der Waals surface area contributed by atoms with E-state index in [-0.39, 0.29) is 0 Å². The second kappa shape index (κ2) is 6.84. The standard InChI is InChI=1S/C15H28N4O2S/c1-17-13-8-16-15(17)14-6-11-19(12-7-14)22(20,21)18-9-4-2-3-5-10-18/h14H,2-13H2,1H3. The summed E-state index contributed by atoms with van der Waals surface area (Å²) in [6.07, 6.45) is 6.10. The smallest absolute Gasteiger partial charge is 0.281 e. The molecule has 3 aliphatic rings. The van der Waals surface area contributed by atoms with Gasteiger partial charge in [0, 0.05) is 45.7 Å². The van der Waals surface area contributed by atoms with Crippen LogP contribution >= 0.6 is 0 Å². The predicted molar refractivity (Wildman–Crippen MR) is 88.2 cm³/mol. The molecule has 6 nitrogen and oxygen atoms in total. The molecule has 0 atom stereocenters. The van der Waals surface area contributed by atoms with Gasteiger partial charge in [-0.1, -0.05) is 12.8 Å². The molecule has 0 amide bonds. The third-order valence-corrected chi connectivity index (χ3v) is 7.17. The monoisotopic (exact) mass is 328 g/mol. The fourth-order valence-electron chi connectivity index (χ4n) is 3.77. The van der Waals surface area contributed by atoms with Gasteiger partial charge in [0.2, 0.25) is 0 Å². The zero-order valence-electron chi connectivity index (χ0n) is 13.6. The third-order valence-electron chi connectivity index (χ3n) is 5.14. The van der Waals surface area contributed by atoms with E-state index < -0.39 is 10.2 Å². The molecule has 3 aliphatic heterocycles. The number of piperidine rings is 1. The minimum absolute atomic E-state index is 0.433. The van der Waals surface area contributed by atoms with Crippen LogP contribution in [0, 0.1) is 5.92 Å². The van der Waals surface area contributed by atoms with Crippen molar-refractivity contribution in [2.45, 2.75) is 38.5 Å². The summed E-state index contributed by atoms with van der Waals surface area (Å²) in [7, 11) is -1.17. The van der Waals surface area contributed by atoms with E-state index in [0.717, 1.165) is 51.6 Å². The molecule has 0 unspecified atom stereocenters. The van der Waals surface area contributed by atoms with Crippen molar-refractivity contribution in [1.29, 1.82) is 0 Å². The molecule has 22 heavy (non-hydrogen) atoms. The molecule has 0 N–H and O–H groups in total. The first kappa shape index (κ1) is 16.2. The summed E-state index contributed by atoms with van der Waals surface area (Å²) < 4.78 is 29.0. The van der Waals surface area contributed by atoms with Crippen molar-refractivity contribution in [3.05, 3.63) is 0 Å². The molecule has 0 aromatic carbocycles. The zero-order valence-corrected chi connectivity index (χ0v) is 14.4. The summed E-state index contributed by atoms with van der Waals surface area (Å²) in [5.41, 5.74) is 0. The van der Waals surface area contributed by atoms with E-state index in [1.165, 1.54) is 5.84 Å². The summed E-state index contributed by atoms with van der Waals surface area (Å²) >= 11 is 0. The first-order valence-electron chi connectivity index (χ1n) is 8.60. The van der Waals surface area contributed by atoms with Crippen LogP contribution in [0.2, 0.25) is 0 Å². The third kappa shape index (κ3) is 3.31. The Balaban J connectivity index is 1.60. The highest BCUT2D eigenvalue weighted by Crippen LogP contribution is 2.25. The minimum Gasteiger partial charge on any atom is -0.361 e. The van der Waals surface area contributed by atoms with Crippen LogP contribution in [0.25, 0.3) is 0 Å². The van der Waals surface area contributed by atoms with Crippen LogP contribution in [0.3, 0.4) is 0 Å². The lowest BCUT2D eigenvalue weighted by atomic mass is 9.96. The minimum atomic E-state index is -3.26. The molecule has 3 heterocycles. The van der Waals surface area contributed by atoms with Crippen LogP contribution in [0.4, 0.5) is 0 Å². The van der Waals surface area contributed by atoms with Crippen LogP contribution < -0.4 is 0 Å². The van der Waals surface area contributed by atoms with Crippen molar-refractivity contribution in [2.24, 2.45) is 10.9 Å². The van der Waals surface area contributed by atoms with Crippen molar-refractivity contribution in [2.75, 3.05) is 46.3 Å². The quantitative estimate of drug-likeness (QED) is 0.781. The topological polar surface area (TPSA) is 56.2 Å². The average molecular weight is 328 g/mol. The number of rotatable bonds is 3. The normalized spacial score (nSPS) is 27.0. The average Bonchev–Trinajstić information content (AvgIpc) is 2.78. The van der Waals surface area contributed by atoms with E-state index >= 15 is 0 Å². The van der Waals surface area contributed by atoms with Gasteiger partial charge in [-0.3, -0.25) is 4.99 Å². The maximum atomic E-state index is 12.8. The van der Waals surface area contributed by atoms with Gasteiger partial charge in [0.1, 0.15) is 5.84 Å². The predicted octanol–water partition coefficient (Wildman–Crippen LogP) is 1.16. The highest BCUT2D eigenvalue weighted by Gasteiger charge is 2.35. The lowest BCUT2D eigenvalue weighted by Crippen LogP contribution is -2.48. The van der Waals surface area contributed by atoms with E-state index in [2.05, 4.69) is 16.9 Å². The van der Waals surface area contributed by atoms with Crippen molar-refractivity contribution in [3.63, 3.8) is 0 Å². The first-order valence-corrected chi connectivity index (χ1v) is 9.99. The van der Waals surface area contributed by atoms with Crippen LogP contribution in [-0.2, 0) is 10.2 Å². The fourth-order valence-corrected chi connectivity index (χ4v) is 5.49. The van der Waals surface area contributed by atoms with E-state index in [4.69, 9.17) is 0 Å². The van der Waals surface area contributed by atoms with Crippen molar-refractivity contribution < 1.29 is 8.42 Å². The lowest BCUT2D eigenvalue weighted by Gasteiger charge is -2.35. The molecule has 0 radical (unpaired) electrons. The van der Waals surface area contributed by atoms with Gasteiger partial charge in [0.15, 0.2) is 0 Å². The molecule has 0 saturated carbocycles. The van der Waals surface area contributed by atoms with Gasteiger partial charge in [-0.15, -0.1) is 0 Å². The van der Waals surface area contributed by atoms with Gasteiger partial charge in [0.25, 0.3) is 10.2 Å². The Kier molecular flexibility index (Phi) is 5.04. The summed E-state index contributed by atoms with van der Waals surface area (Å²) in [5.74, 6) is 1.62. The van der Waals surface area contributed by atoms with Crippen LogP contribution in [0.1, 0.15) is 38.5 Å². The summed E-state index contributed by atoms with van der Waals surface area (Å²) in [6, 6.07) is 0. The summed E-state index contributed by atoms with van der Waals surface area (Å²) in [4.78, 5) is 6.82. The Labute approximate surface area is 134 Å². The van der Waals surface area contributed by atoms with Gasteiger partial charge >= 0.3 is 0 Å². The maximum absolute atomic E-state index is 12.8. The van der Waals surface area contributed by atoms with Crippen molar-refractivity contribution >= 4 is 16.0 Å².